The minimum atomic E-state index is -0.249. The standard InChI is InChI=1S/C10H14N2O2/c1-5-4-12-8-9(13)7(11-3)6(2)14-10(5)8/h4,6-7,11-12H,1-3H3. The highest BCUT2D eigenvalue weighted by Crippen LogP contribution is 2.30. The molecule has 2 atom stereocenters. The highest BCUT2D eigenvalue weighted by atomic mass is 16.5. The van der Waals surface area contributed by atoms with Crippen molar-refractivity contribution < 1.29 is 9.53 Å². The molecule has 0 saturated carbocycles. The second kappa shape index (κ2) is 3.13. The molecule has 2 heterocycles. The Morgan fingerprint density at radius 1 is 1.57 bits per heavy atom. The Bertz CT molecular complexity index is 370. The average molecular weight is 194 g/mol. The summed E-state index contributed by atoms with van der Waals surface area (Å²) in [5.74, 6) is 0.781. The molecule has 2 unspecified atom stereocenters. The molecule has 0 radical (unpaired) electrons. The van der Waals surface area contributed by atoms with Gasteiger partial charge < -0.3 is 15.0 Å². The van der Waals surface area contributed by atoms with Crippen molar-refractivity contribution >= 4 is 5.78 Å². The van der Waals surface area contributed by atoms with E-state index < -0.39 is 0 Å². The molecule has 1 aromatic heterocycles. The lowest BCUT2D eigenvalue weighted by Crippen LogP contribution is -2.48. The number of ether oxygens (including phenoxy) is 1. The number of hydrogen-bond acceptors (Lipinski definition) is 3. The number of carbonyl (C=O) groups excluding carboxylic acids is 1. The molecule has 4 nitrogen and oxygen atoms in total. The van der Waals surface area contributed by atoms with Crippen LogP contribution >= 0.6 is 0 Å². The van der Waals surface area contributed by atoms with Crippen LogP contribution in [0.5, 0.6) is 5.75 Å². The summed E-state index contributed by atoms with van der Waals surface area (Å²) in [5, 5.41) is 2.96. The molecule has 76 valence electrons. The van der Waals surface area contributed by atoms with Gasteiger partial charge in [0, 0.05) is 11.8 Å². The Balaban J connectivity index is 2.45. The summed E-state index contributed by atoms with van der Waals surface area (Å²) in [6.45, 7) is 3.82. The van der Waals surface area contributed by atoms with Crippen molar-refractivity contribution in [2.75, 3.05) is 7.05 Å². The molecule has 0 fully saturated rings. The maximum atomic E-state index is 11.9. The maximum absolute atomic E-state index is 11.9. The molecule has 2 rings (SSSR count). The number of fused-ring (bicyclic) bond motifs is 1. The number of H-pyrrole nitrogens is 1. The zero-order chi connectivity index (χ0) is 10.3. The predicted molar refractivity (Wildman–Crippen MR) is 52.8 cm³/mol. The quantitative estimate of drug-likeness (QED) is 0.697. The predicted octanol–water partition coefficient (Wildman–Crippen LogP) is 0.875. The van der Waals surface area contributed by atoms with Crippen LogP contribution in [0.15, 0.2) is 6.20 Å². The molecular weight excluding hydrogens is 180 g/mol. The first kappa shape index (κ1) is 9.27. The van der Waals surface area contributed by atoms with Gasteiger partial charge in [0.25, 0.3) is 0 Å². The van der Waals surface area contributed by atoms with Crippen LogP contribution in [0.3, 0.4) is 0 Å². The molecule has 1 aliphatic heterocycles. The van der Waals surface area contributed by atoms with Crippen molar-refractivity contribution in [3.8, 4) is 5.75 Å². The van der Waals surface area contributed by atoms with Crippen LogP contribution in [0.2, 0.25) is 0 Å². The maximum Gasteiger partial charge on any atom is 0.203 e. The van der Waals surface area contributed by atoms with Crippen molar-refractivity contribution in [1.82, 2.24) is 10.3 Å². The van der Waals surface area contributed by atoms with Gasteiger partial charge in [0.2, 0.25) is 5.78 Å². The highest BCUT2D eigenvalue weighted by molar-refractivity contribution is 6.02. The lowest BCUT2D eigenvalue weighted by molar-refractivity contribution is 0.0773. The first-order chi connectivity index (χ1) is 6.65. The van der Waals surface area contributed by atoms with E-state index in [9.17, 15) is 4.79 Å². The van der Waals surface area contributed by atoms with Crippen LogP contribution in [-0.2, 0) is 0 Å². The van der Waals surface area contributed by atoms with Gasteiger partial charge >= 0.3 is 0 Å². The normalized spacial score (nSPS) is 25.8. The zero-order valence-electron chi connectivity index (χ0n) is 8.55. The Hall–Kier alpha value is -1.29. The number of Topliss-reactive ketones (excluding diaryl/α,β-unsaturated/α-hetero) is 1. The SMILES string of the molecule is CNC1C(=O)c2[nH]cc(C)c2OC1C. The van der Waals surface area contributed by atoms with E-state index in [1.807, 2.05) is 13.8 Å². The molecule has 14 heavy (non-hydrogen) atoms. The van der Waals surface area contributed by atoms with Crippen molar-refractivity contribution in [2.24, 2.45) is 0 Å². The van der Waals surface area contributed by atoms with Gasteiger partial charge in [-0.1, -0.05) is 0 Å². The lowest BCUT2D eigenvalue weighted by atomic mass is 10.0. The largest absolute Gasteiger partial charge is 0.486 e. The highest BCUT2D eigenvalue weighted by Gasteiger charge is 2.35. The number of aromatic amines is 1. The number of likely N-dealkylation sites (N-methyl/N-ethyl adjacent to an activating group) is 1. The van der Waals surface area contributed by atoms with Crippen LogP contribution in [0, 0.1) is 6.92 Å². The van der Waals surface area contributed by atoms with E-state index >= 15 is 0 Å². The Kier molecular flexibility index (Phi) is 2.07. The Morgan fingerprint density at radius 2 is 2.29 bits per heavy atom. The van der Waals surface area contributed by atoms with Crippen molar-refractivity contribution in [1.29, 1.82) is 0 Å². The third-order valence-corrected chi connectivity index (χ3v) is 2.63. The number of rotatable bonds is 1. The Labute approximate surface area is 82.6 Å². The van der Waals surface area contributed by atoms with Gasteiger partial charge in [0.1, 0.15) is 17.8 Å². The molecule has 4 heteroatoms. The fourth-order valence-corrected chi connectivity index (χ4v) is 1.83. The van der Waals surface area contributed by atoms with Gasteiger partial charge in [-0.3, -0.25) is 4.79 Å². The number of ketones is 1. The number of carbonyl (C=O) groups is 1. The van der Waals surface area contributed by atoms with Crippen LogP contribution in [0.25, 0.3) is 0 Å². The van der Waals surface area contributed by atoms with Gasteiger partial charge in [-0.15, -0.1) is 0 Å². The van der Waals surface area contributed by atoms with Crippen molar-refractivity contribution in [2.45, 2.75) is 26.0 Å². The van der Waals surface area contributed by atoms with Gasteiger partial charge in [-0.2, -0.15) is 0 Å². The van der Waals surface area contributed by atoms with Gasteiger partial charge in [-0.05, 0) is 20.9 Å². The summed E-state index contributed by atoms with van der Waals surface area (Å²) in [6.07, 6.45) is 1.68. The summed E-state index contributed by atoms with van der Waals surface area (Å²) in [7, 11) is 1.77. The van der Waals surface area contributed by atoms with Gasteiger partial charge in [0.15, 0.2) is 5.75 Å². The summed E-state index contributed by atoms with van der Waals surface area (Å²) in [6, 6.07) is -0.249. The molecular formula is C10H14N2O2. The third-order valence-electron chi connectivity index (χ3n) is 2.63. The van der Waals surface area contributed by atoms with Crippen LogP contribution in [-0.4, -0.2) is 30.0 Å². The summed E-state index contributed by atoms with van der Waals surface area (Å²) in [5.41, 5.74) is 1.56. The van der Waals surface area contributed by atoms with E-state index in [0.29, 0.717) is 11.4 Å². The van der Waals surface area contributed by atoms with Crippen molar-refractivity contribution in [3.63, 3.8) is 0 Å². The fourth-order valence-electron chi connectivity index (χ4n) is 1.83. The monoisotopic (exact) mass is 194 g/mol. The van der Waals surface area contributed by atoms with E-state index in [0.717, 1.165) is 5.56 Å². The second-order valence-corrected chi connectivity index (χ2v) is 3.63. The molecule has 1 aliphatic rings. The minimum absolute atomic E-state index is 0.0781. The van der Waals surface area contributed by atoms with Gasteiger partial charge in [0.05, 0.1) is 0 Å². The van der Waals surface area contributed by atoms with Crippen LogP contribution < -0.4 is 10.1 Å². The molecule has 0 bridgehead atoms. The number of aryl methyl sites for hydroxylation is 1. The zero-order valence-corrected chi connectivity index (χ0v) is 8.55. The molecule has 1 aromatic rings. The summed E-state index contributed by atoms with van der Waals surface area (Å²) in [4.78, 5) is 14.8. The van der Waals surface area contributed by atoms with Gasteiger partial charge in [-0.25, -0.2) is 0 Å². The van der Waals surface area contributed by atoms with E-state index in [2.05, 4.69) is 10.3 Å². The van der Waals surface area contributed by atoms with E-state index in [1.165, 1.54) is 0 Å². The van der Waals surface area contributed by atoms with E-state index in [-0.39, 0.29) is 17.9 Å². The van der Waals surface area contributed by atoms with Crippen molar-refractivity contribution in [3.05, 3.63) is 17.5 Å². The van der Waals surface area contributed by atoms with Crippen LogP contribution in [0.4, 0.5) is 0 Å². The number of hydrogen-bond donors (Lipinski definition) is 2. The summed E-state index contributed by atoms with van der Waals surface area (Å²) < 4.78 is 5.66. The van der Waals surface area contributed by atoms with Crippen LogP contribution in [0.1, 0.15) is 23.0 Å². The molecule has 0 amide bonds. The topological polar surface area (TPSA) is 54.1 Å². The average Bonchev–Trinajstić information content (AvgIpc) is 2.49. The fraction of sp³-hybridized carbons (Fsp3) is 0.500. The molecule has 0 spiro atoms. The van der Waals surface area contributed by atoms with E-state index in [1.54, 1.807) is 13.2 Å². The second-order valence-electron chi connectivity index (χ2n) is 3.63. The number of nitrogens with one attached hydrogen (secondary N) is 2. The third kappa shape index (κ3) is 1.14. The molecule has 2 N–H and O–H groups in total. The molecule has 0 aromatic carbocycles. The molecule has 0 saturated heterocycles. The molecule has 0 aliphatic carbocycles. The first-order valence-corrected chi connectivity index (χ1v) is 4.71. The van der Waals surface area contributed by atoms with E-state index in [4.69, 9.17) is 4.74 Å². The minimum Gasteiger partial charge on any atom is -0.486 e. The lowest BCUT2D eigenvalue weighted by Gasteiger charge is -2.28. The number of aromatic nitrogens is 1. The Morgan fingerprint density at radius 3 is 2.93 bits per heavy atom. The smallest absolute Gasteiger partial charge is 0.203 e. The summed E-state index contributed by atoms with van der Waals surface area (Å²) >= 11 is 0. The first-order valence-electron chi connectivity index (χ1n) is 4.71.